The molecule has 3 aromatic heterocycles. The van der Waals surface area contributed by atoms with Crippen molar-refractivity contribution in [3.8, 4) is 0 Å². The lowest BCUT2D eigenvalue weighted by molar-refractivity contribution is 0.720. The van der Waals surface area contributed by atoms with E-state index in [1.807, 2.05) is 0 Å². The SMILES string of the molecule is Cc1cc2nc(CC(c3cn[nH]n3)c3cnc(N)[nH]3)[nH]c2cc1C.Cl.Cl. The Bertz CT molecular complexity index is 950. The van der Waals surface area contributed by atoms with Crippen LogP contribution in [0.25, 0.3) is 11.0 Å². The average molecular weight is 395 g/mol. The van der Waals surface area contributed by atoms with Crippen LogP contribution in [0, 0.1) is 13.8 Å². The van der Waals surface area contributed by atoms with Crippen molar-refractivity contribution in [3.05, 3.63) is 52.9 Å². The molecule has 3 heterocycles. The van der Waals surface area contributed by atoms with Gasteiger partial charge in [0.05, 0.1) is 35.0 Å². The van der Waals surface area contributed by atoms with E-state index in [0.29, 0.717) is 12.4 Å². The number of aryl methyl sites for hydroxylation is 2. The standard InChI is InChI=1S/C16H18N8.2ClH/c1-8-3-11-12(4-9(8)2)21-15(20-11)5-10(14-7-19-24-23-14)13-6-18-16(17)22-13;;/h3-4,6-7,10H,5H2,1-2H3,(H,20,21)(H3,17,18,22)(H,19,23,24);2*1H. The maximum Gasteiger partial charge on any atom is 0.197 e. The van der Waals surface area contributed by atoms with Crippen molar-refractivity contribution in [2.45, 2.75) is 26.2 Å². The van der Waals surface area contributed by atoms with E-state index < -0.39 is 0 Å². The summed E-state index contributed by atoms with van der Waals surface area (Å²) in [6, 6.07) is 4.23. The van der Waals surface area contributed by atoms with Crippen molar-refractivity contribution < 1.29 is 0 Å². The number of hydrogen-bond acceptors (Lipinski definition) is 5. The number of nitrogen functional groups attached to an aromatic ring is 1. The summed E-state index contributed by atoms with van der Waals surface area (Å²) in [7, 11) is 0. The highest BCUT2D eigenvalue weighted by molar-refractivity contribution is 5.85. The van der Waals surface area contributed by atoms with E-state index in [4.69, 9.17) is 10.7 Å². The number of nitrogens with one attached hydrogen (secondary N) is 3. The van der Waals surface area contributed by atoms with Gasteiger partial charge in [-0.2, -0.15) is 15.4 Å². The van der Waals surface area contributed by atoms with Crippen LogP contribution >= 0.6 is 24.8 Å². The predicted octanol–water partition coefficient (Wildman–Crippen LogP) is 2.82. The van der Waals surface area contributed by atoms with Gasteiger partial charge >= 0.3 is 0 Å². The maximum absolute atomic E-state index is 5.72. The molecule has 0 fully saturated rings. The second kappa shape index (κ2) is 7.76. The molecular weight excluding hydrogens is 375 g/mol. The van der Waals surface area contributed by atoms with Crippen molar-refractivity contribution in [1.29, 1.82) is 0 Å². The molecule has 0 saturated heterocycles. The highest BCUT2D eigenvalue weighted by Crippen LogP contribution is 2.26. The van der Waals surface area contributed by atoms with Gasteiger partial charge in [0, 0.05) is 12.1 Å². The Morgan fingerprint density at radius 2 is 1.85 bits per heavy atom. The summed E-state index contributed by atoms with van der Waals surface area (Å²) in [6.07, 6.45) is 4.07. The number of hydrogen-bond donors (Lipinski definition) is 4. The quantitative estimate of drug-likeness (QED) is 0.423. The molecule has 8 nitrogen and oxygen atoms in total. The first-order valence-electron chi connectivity index (χ1n) is 7.72. The number of aromatic amines is 3. The van der Waals surface area contributed by atoms with E-state index in [0.717, 1.165) is 28.2 Å². The van der Waals surface area contributed by atoms with Gasteiger partial charge < -0.3 is 15.7 Å². The number of rotatable bonds is 4. The van der Waals surface area contributed by atoms with Gasteiger partial charge in [-0.1, -0.05) is 0 Å². The Balaban J connectivity index is 0.00000121. The molecule has 0 aliphatic rings. The smallest absolute Gasteiger partial charge is 0.197 e. The minimum absolute atomic E-state index is 0. The molecule has 4 rings (SSSR count). The van der Waals surface area contributed by atoms with Crippen LogP contribution in [0.15, 0.2) is 24.5 Å². The molecule has 0 amide bonds. The molecule has 0 radical (unpaired) electrons. The van der Waals surface area contributed by atoms with Crippen LogP contribution in [-0.2, 0) is 6.42 Å². The zero-order valence-electron chi connectivity index (χ0n) is 14.3. The molecule has 1 unspecified atom stereocenters. The molecule has 0 aliphatic carbocycles. The van der Waals surface area contributed by atoms with Crippen LogP contribution in [0.1, 0.15) is 34.3 Å². The summed E-state index contributed by atoms with van der Waals surface area (Å²) in [5.74, 6) is 1.21. The van der Waals surface area contributed by atoms with Gasteiger partial charge in [0.1, 0.15) is 5.82 Å². The summed E-state index contributed by atoms with van der Waals surface area (Å²) in [4.78, 5) is 15.3. The molecule has 4 aromatic rings. The van der Waals surface area contributed by atoms with Crippen LogP contribution in [-0.4, -0.2) is 35.3 Å². The molecule has 1 atom stereocenters. The van der Waals surface area contributed by atoms with Crippen molar-refractivity contribution in [2.24, 2.45) is 0 Å². The van der Waals surface area contributed by atoms with E-state index in [1.54, 1.807) is 12.4 Å². The number of halogens is 2. The molecule has 138 valence electrons. The fourth-order valence-electron chi connectivity index (χ4n) is 2.89. The number of nitrogens with two attached hydrogens (primary N) is 1. The Kier molecular flexibility index (Phi) is 5.89. The first-order chi connectivity index (χ1) is 11.6. The van der Waals surface area contributed by atoms with Gasteiger partial charge in [0.25, 0.3) is 0 Å². The van der Waals surface area contributed by atoms with Gasteiger partial charge in [-0.25, -0.2) is 9.97 Å². The lowest BCUT2D eigenvalue weighted by Crippen LogP contribution is -2.08. The van der Waals surface area contributed by atoms with Gasteiger partial charge in [0.15, 0.2) is 5.95 Å². The van der Waals surface area contributed by atoms with Gasteiger partial charge in [-0.3, -0.25) is 0 Å². The Morgan fingerprint density at radius 1 is 1.08 bits per heavy atom. The fraction of sp³-hybridized carbons (Fsp3) is 0.250. The van der Waals surface area contributed by atoms with Crippen LogP contribution in [0.2, 0.25) is 0 Å². The van der Waals surface area contributed by atoms with Gasteiger partial charge in [-0.15, -0.1) is 24.8 Å². The van der Waals surface area contributed by atoms with E-state index in [1.165, 1.54) is 11.1 Å². The Hall–Kier alpha value is -2.58. The van der Waals surface area contributed by atoms with E-state index in [2.05, 4.69) is 56.3 Å². The number of fused-ring (bicyclic) bond motifs is 1. The monoisotopic (exact) mass is 394 g/mol. The summed E-state index contributed by atoms with van der Waals surface area (Å²) in [6.45, 7) is 4.19. The summed E-state index contributed by atoms with van der Waals surface area (Å²) in [5.41, 5.74) is 11.9. The minimum atomic E-state index is -0.0590. The highest BCUT2D eigenvalue weighted by Gasteiger charge is 2.21. The lowest BCUT2D eigenvalue weighted by atomic mass is 9.98. The van der Waals surface area contributed by atoms with Crippen LogP contribution in [0.4, 0.5) is 5.95 Å². The number of H-pyrrole nitrogens is 3. The molecule has 1 aromatic carbocycles. The molecular formula is C16H20Cl2N8. The van der Waals surface area contributed by atoms with Crippen LogP contribution in [0.5, 0.6) is 0 Å². The molecule has 26 heavy (non-hydrogen) atoms. The number of aromatic nitrogens is 7. The van der Waals surface area contributed by atoms with Crippen molar-refractivity contribution >= 4 is 41.8 Å². The molecule has 0 bridgehead atoms. The van der Waals surface area contributed by atoms with E-state index in [-0.39, 0.29) is 30.7 Å². The minimum Gasteiger partial charge on any atom is -0.369 e. The molecule has 0 saturated carbocycles. The van der Waals surface area contributed by atoms with Gasteiger partial charge in [-0.05, 0) is 37.1 Å². The zero-order valence-corrected chi connectivity index (χ0v) is 15.9. The third-order valence-corrected chi connectivity index (χ3v) is 4.33. The second-order valence-electron chi connectivity index (χ2n) is 6.01. The largest absolute Gasteiger partial charge is 0.369 e. The topological polar surface area (TPSA) is 125 Å². The van der Waals surface area contributed by atoms with E-state index >= 15 is 0 Å². The van der Waals surface area contributed by atoms with Crippen molar-refractivity contribution in [1.82, 2.24) is 35.3 Å². The maximum atomic E-state index is 5.72. The lowest BCUT2D eigenvalue weighted by Gasteiger charge is -2.10. The first-order valence-corrected chi connectivity index (χ1v) is 7.72. The summed E-state index contributed by atoms with van der Waals surface area (Å²) >= 11 is 0. The third kappa shape index (κ3) is 3.66. The van der Waals surface area contributed by atoms with E-state index in [9.17, 15) is 0 Å². The van der Waals surface area contributed by atoms with Gasteiger partial charge in [0.2, 0.25) is 0 Å². The molecule has 5 N–H and O–H groups in total. The zero-order chi connectivity index (χ0) is 16.7. The number of benzene rings is 1. The molecule has 0 aliphatic heterocycles. The normalized spacial score (nSPS) is 11.8. The highest BCUT2D eigenvalue weighted by atomic mass is 35.5. The van der Waals surface area contributed by atoms with Crippen LogP contribution in [0.3, 0.4) is 0 Å². The third-order valence-electron chi connectivity index (χ3n) is 4.33. The number of nitrogens with zero attached hydrogens (tertiary/aromatic N) is 4. The second-order valence-corrected chi connectivity index (χ2v) is 6.01. The van der Waals surface area contributed by atoms with Crippen molar-refractivity contribution in [3.63, 3.8) is 0 Å². The first kappa shape index (κ1) is 19.7. The average Bonchev–Trinajstić information content (AvgIpc) is 3.26. The number of imidazole rings is 2. The number of anilines is 1. The Morgan fingerprint density at radius 3 is 2.50 bits per heavy atom. The summed E-state index contributed by atoms with van der Waals surface area (Å²) in [5, 5.41) is 10.8. The summed E-state index contributed by atoms with van der Waals surface area (Å²) < 4.78 is 0. The fourth-order valence-corrected chi connectivity index (χ4v) is 2.89. The Labute approximate surface area is 162 Å². The molecule has 10 heteroatoms. The van der Waals surface area contributed by atoms with Crippen molar-refractivity contribution in [2.75, 3.05) is 5.73 Å². The predicted molar refractivity (Wildman–Crippen MR) is 105 cm³/mol. The van der Waals surface area contributed by atoms with Crippen LogP contribution < -0.4 is 5.73 Å². The molecule has 0 spiro atoms.